The van der Waals surface area contributed by atoms with Crippen molar-refractivity contribution in [2.75, 3.05) is 0 Å². The van der Waals surface area contributed by atoms with E-state index in [0.29, 0.717) is 18.8 Å². The zero-order chi connectivity index (χ0) is 23.2. The molecule has 0 radical (unpaired) electrons. The first-order chi connectivity index (χ1) is 16.1. The standard InChI is InChI=1S/C31H44F2/c1-3-5-7-9-29-30(32)20-28(21-31(29)33)27-17-16-25-18-24(14-15-26(25)19-27)23-12-10-22(11-13-23)8-6-4-2/h3-5,20-27H,2,6-19H2,1H3/b5-3+. The van der Waals surface area contributed by atoms with Crippen molar-refractivity contribution in [1.82, 2.24) is 0 Å². The minimum absolute atomic E-state index is 0.255. The molecule has 0 bridgehead atoms. The van der Waals surface area contributed by atoms with Crippen molar-refractivity contribution in [2.45, 2.75) is 103 Å². The average Bonchev–Trinajstić information content (AvgIpc) is 2.84. The van der Waals surface area contributed by atoms with E-state index in [-0.39, 0.29) is 17.2 Å². The maximum atomic E-state index is 14.7. The summed E-state index contributed by atoms with van der Waals surface area (Å²) in [6, 6.07) is 3.30. The molecule has 4 atom stereocenters. The largest absolute Gasteiger partial charge is 0.207 e. The molecule has 3 aliphatic carbocycles. The monoisotopic (exact) mass is 454 g/mol. The van der Waals surface area contributed by atoms with Gasteiger partial charge >= 0.3 is 0 Å². The van der Waals surface area contributed by atoms with Crippen molar-refractivity contribution in [2.24, 2.45) is 29.6 Å². The molecule has 0 nitrogen and oxygen atoms in total. The molecule has 1 aromatic rings. The fourth-order valence-corrected chi connectivity index (χ4v) is 7.45. The third kappa shape index (κ3) is 6.17. The van der Waals surface area contributed by atoms with Gasteiger partial charge in [-0.25, -0.2) is 8.78 Å². The number of hydrogen-bond acceptors (Lipinski definition) is 0. The molecule has 1 aromatic carbocycles. The zero-order valence-corrected chi connectivity index (χ0v) is 20.7. The molecule has 4 rings (SSSR count). The van der Waals surface area contributed by atoms with E-state index in [1.807, 2.05) is 19.1 Å². The third-order valence-corrected chi connectivity index (χ3v) is 9.42. The van der Waals surface area contributed by atoms with Crippen LogP contribution in [0.25, 0.3) is 0 Å². The van der Waals surface area contributed by atoms with Gasteiger partial charge in [-0.3, -0.25) is 0 Å². The second kappa shape index (κ2) is 11.8. The minimum atomic E-state index is -0.343. The first-order valence-electron chi connectivity index (χ1n) is 13.8. The molecule has 33 heavy (non-hydrogen) atoms. The number of benzene rings is 1. The molecule has 2 heteroatoms. The van der Waals surface area contributed by atoms with Crippen molar-refractivity contribution in [1.29, 1.82) is 0 Å². The van der Waals surface area contributed by atoms with E-state index in [4.69, 9.17) is 0 Å². The van der Waals surface area contributed by atoms with Gasteiger partial charge in [-0.05, 0) is 137 Å². The first-order valence-corrected chi connectivity index (χ1v) is 13.8. The van der Waals surface area contributed by atoms with Crippen molar-refractivity contribution in [3.8, 4) is 0 Å². The molecule has 0 saturated heterocycles. The van der Waals surface area contributed by atoms with Crippen LogP contribution in [0.3, 0.4) is 0 Å². The SMILES string of the molecule is C=CCCC1CCC(C2CCC3CC(c4cc(F)c(CC/C=C/C)c(F)c4)CCC3C2)CC1. The van der Waals surface area contributed by atoms with E-state index < -0.39 is 0 Å². The highest BCUT2D eigenvalue weighted by atomic mass is 19.1. The highest BCUT2D eigenvalue weighted by Gasteiger charge is 2.39. The van der Waals surface area contributed by atoms with E-state index in [0.717, 1.165) is 48.0 Å². The molecule has 0 amide bonds. The van der Waals surface area contributed by atoms with Crippen molar-refractivity contribution >= 4 is 0 Å². The Balaban J connectivity index is 1.30. The summed E-state index contributed by atoms with van der Waals surface area (Å²) >= 11 is 0. The second-order valence-electron chi connectivity index (χ2n) is 11.3. The zero-order valence-electron chi connectivity index (χ0n) is 20.7. The summed E-state index contributed by atoms with van der Waals surface area (Å²) < 4.78 is 29.4. The molecule has 3 fully saturated rings. The summed E-state index contributed by atoms with van der Waals surface area (Å²) in [5.41, 5.74) is 1.16. The van der Waals surface area contributed by atoms with Crippen LogP contribution in [0.15, 0.2) is 36.9 Å². The molecule has 3 aliphatic rings. The normalized spacial score (nSPS) is 32.6. The van der Waals surface area contributed by atoms with E-state index in [2.05, 4.69) is 12.7 Å². The van der Waals surface area contributed by atoms with Crippen LogP contribution in [-0.2, 0) is 6.42 Å². The predicted molar refractivity (Wildman–Crippen MR) is 135 cm³/mol. The lowest BCUT2D eigenvalue weighted by molar-refractivity contribution is 0.0712. The van der Waals surface area contributed by atoms with Crippen LogP contribution in [0.4, 0.5) is 8.78 Å². The van der Waals surface area contributed by atoms with Crippen LogP contribution in [0.1, 0.15) is 107 Å². The Kier molecular flexibility index (Phi) is 8.83. The average molecular weight is 455 g/mol. The van der Waals surface area contributed by atoms with E-state index in [1.165, 1.54) is 64.2 Å². The van der Waals surface area contributed by atoms with Gasteiger partial charge in [0.05, 0.1) is 0 Å². The molecule has 3 saturated carbocycles. The van der Waals surface area contributed by atoms with Gasteiger partial charge in [0, 0.05) is 5.56 Å². The lowest BCUT2D eigenvalue weighted by Crippen LogP contribution is -2.34. The molecule has 0 aromatic heterocycles. The van der Waals surface area contributed by atoms with Crippen molar-refractivity contribution < 1.29 is 8.78 Å². The van der Waals surface area contributed by atoms with Crippen LogP contribution in [-0.4, -0.2) is 0 Å². The fourth-order valence-electron chi connectivity index (χ4n) is 7.45. The molecule has 0 N–H and O–H groups in total. The van der Waals surface area contributed by atoms with E-state index >= 15 is 0 Å². The Morgan fingerprint density at radius 2 is 1.42 bits per heavy atom. The topological polar surface area (TPSA) is 0 Å². The fraction of sp³-hybridized carbons (Fsp3) is 0.677. The summed E-state index contributed by atoms with van der Waals surface area (Å²) in [6.07, 6.45) is 22.9. The van der Waals surface area contributed by atoms with Crippen LogP contribution in [0, 0.1) is 41.2 Å². The number of hydrogen-bond donors (Lipinski definition) is 0. The molecule has 0 aliphatic heterocycles. The number of rotatable bonds is 8. The molecular formula is C31H44F2. The third-order valence-electron chi connectivity index (χ3n) is 9.42. The number of fused-ring (bicyclic) bond motifs is 1. The van der Waals surface area contributed by atoms with Crippen LogP contribution in [0.2, 0.25) is 0 Å². The Bertz CT molecular complexity index is 778. The predicted octanol–water partition coefficient (Wildman–Crippen LogP) is 9.55. The quantitative estimate of drug-likeness (QED) is 0.343. The van der Waals surface area contributed by atoms with Crippen molar-refractivity contribution in [3.63, 3.8) is 0 Å². The summed E-state index contributed by atoms with van der Waals surface area (Å²) in [5, 5.41) is 0. The number of allylic oxidation sites excluding steroid dienone is 3. The van der Waals surface area contributed by atoms with Crippen LogP contribution < -0.4 is 0 Å². The highest BCUT2D eigenvalue weighted by molar-refractivity contribution is 5.29. The summed E-state index contributed by atoms with van der Waals surface area (Å²) in [6.45, 7) is 5.82. The maximum absolute atomic E-state index is 14.7. The molecule has 0 spiro atoms. The summed E-state index contributed by atoms with van der Waals surface area (Å²) in [5.74, 6) is 4.04. The van der Waals surface area contributed by atoms with Gasteiger partial charge in [-0.2, -0.15) is 0 Å². The van der Waals surface area contributed by atoms with E-state index in [1.54, 1.807) is 12.1 Å². The Morgan fingerprint density at radius 3 is 2.09 bits per heavy atom. The van der Waals surface area contributed by atoms with Gasteiger partial charge in [0.15, 0.2) is 0 Å². The maximum Gasteiger partial charge on any atom is 0.129 e. The Labute approximate surface area is 200 Å². The van der Waals surface area contributed by atoms with E-state index in [9.17, 15) is 8.78 Å². The van der Waals surface area contributed by atoms with Crippen molar-refractivity contribution in [3.05, 3.63) is 59.7 Å². The van der Waals surface area contributed by atoms with Gasteiger partial charge in [0.25, 0.3) is 0 Å². The molecule has 182 valence electrons. The number of halogens is 2. The van der Waals surface area contributed by atoms with Crippen LogP contribution in [0.5, 0.6) is 0 Å². The second-order valence-corrected chi connectivity index (χ2v) is 11.3. The van der Waals surface area contributed by atoms with Gasteiger partial charge in [-0.15, -0.1) is 6.58 Å². The smallest absolute Gasteiger partial charge is 0.129 e. The lowest BCUT2D eigenvalue weighted by Gasteiger charge is -2.45. The Hall–Kier alpha value is -1.44. The molecule has 0 heterocycles. The summed E-state index contributed by atoms with van der Waals surface area (Å²) in [4.78, 5) is 0. The summed E-state index contributed by atoms with van der Waals surface area (Å²) in [7, 11) is 0. The first kappa shape index (κ1) is 24.7. The van der Waals surface area contributed by atoms with Gasteiger partial charge in [0.1, 0.15) is 11.6 Å². The van der Waals surface area contributed by atoms with Gasteiger partial charge in [-0.1, -0.05) is 31.1 Å². The van der Waals surface area contributed by atoms with Crippen LogP contribution >= 0.6 is 0 Å². The van der Waals surface area contributed by atoms with Gasteiger partial charge < -0.3 is 0 Å². The molecular weight excluding hydrogens is 410 g/mol. The highest BCUT2D eigenvalue weighted by Crippen LogP contribution is 2.51. The van der Waals surface area contributed by atoms with Gasteiger partial charge in [0.2, 0.25) is 0 Å². The minimum Gasteiger partial charge on any atom is -0.207 e. The molecule has 4 unspecified atom stereocenters. The lowest BCUT2D eigenvalue weighted by atomic mass is 9.60. The Morgan fingerprint density at radius 1 is 0.818 bits per heavy atom.